The fraction of sp³-hybridized carbons (Fsp3) is 0.476. The van der Waals surface area contributed by atoms with Gasteiger partial charge in [-0.05, 0) is 94.6 Å². The Balaban J connectivity index is 0.000000342. The Morgan fingerprint density at radius 2 is 1.74 bits per heavy atom. The minimum Gasteiger partial charge on any atom is -0.473 e. The molecule has 10 heteroatoms. The monoisotopic (exact) mass is 651 g/mol. The number of aryl methyl sites for hydroxylation is 1. The number of nitrogens with zero attached hydrogens (tertiary/aromatic N) is 3. The van der Waals surface area contributed by atoms with Gasteiger partial charge in [-0.25, -0.2) is 14.6 Å². The molecule has 31 heavy (non-hydrogen) atoms. The first-order valence-corrected chi connectivity index (χ1v) is 12.3. The first-order chi connectivity index (χ1) is 14.8. The normalized spacial score (nSPS) is 26.1. The van der Waals surface area contributed by atoms with E-state index >= 15 is 0 Å². The lowest BCUT2D eigenvalue weighted by molar-refractivity contribution is -0.159. The van der Waals surface area contributed by atoms with Gasteiger partial charge in [0.1, 0.15) is 19.3 Å². The number of piperidine rings is 3. The largest absolute Gasteiger partial charge is 0.473 e. The van der Waals surface area contributed by atoms with Gasteiger partial charge in [0.15, 0.2) is 0 Å². The molecule has 2 N–H and O–H groups in total. The lowest BCUT2D eigenvalue weighted by Crippen LogP contribution is -2.51. The molecule has 166 valence electrons. The first-order valence-electron chi connectivity index (χ1n) is 10.2. The number of aromatic nitrogens is 2. The van der Waals surface area contributed by atoms with Crippen molar-refractivity contribution in [3.8, 4) is 0 Å². The van der Waals surface area contributed by atoms with Crippen LogP contribution in [0.2, 0.25) is 0 Å². The summed E-state index contributed by atoms with van der Waals surface area (Å²) in [5.74, 6) is -1.85. The van der Waals surface area contributed by atoms with E-state index in [9.17, 15) is 0 Å². The van der Waals surface area contributed by atoms with E-state index in [-0.39, 0.29) is 6.10 Å². The highest BCUT2D eigenvalue weighted by molar-refractivity contribution is 14.1. The number of hydrogen-bond acceptors (Lipinski definition) is 5. The third-order valence-electron chi connectivity index (χ3n) is 6.16. The predicted octanol–water partition coefficient (Wildman–Crippen LogP) is 3.00. The number of carbonyl (C=O) groups is 2. The van der Waals surface area contributed by atoms with Crippen molar-refractivity contribution in [3.05, 3.63) is 48.6 Å². The molecular weight excluding hydrogens is 628 g/mol. The standard InChI is InChI=1S/C19H21I2N3O.C2H2O4/c20-17-18(21)24-10-7-12-3-1-2-4-14(12)16(19(24)22-17)25-15-11-23-8-5-13(15)6-9-23;3-1(4)2(5)6/h1-4,13,15-16H,5-11H2;(H,3,4)(H,5,6). The summed E-state index contributed by atoms with van der Waals surface area (Å²) < 4.78 is 11.5. The van der Waals surface area contributed by atoms with Gasteiger partial charge in [0.05, 0.1) is 6.10 Å². The molecular formula is C21H23I2N3O5. The number of benzene rings is 1. The lowest BCUT2D eigenvalue weighted by Gasteiger charge is -2.45. The number of halogens is 2. The molecule has 0 spiro atoms. The highest BCUT2D eigenvalue weighted by atomic mass is 127. The Bertz CT molecular complexity index is 975. The van der Waals surface area contributed by atoms with Gasteiger partial charge in [0.25, 0.3) is 0 Å². The number of carboxylic acid groups (broad SMARTS) is 2. The van der Waals surface area contributed by atoms with Crippen molar-refractivity contribution in [2.24, 2.45) is 5.92 Å². The molecule has 0 radical (unpaired) electrons. The van der Waals surface area contributed by atoms with Crippen LogP contribution < -0.4 is 0 Å². The van der Waals surface area contributed by atoms with Crippen LogP contribution in [0.5, 0.6) is 0 Å². The quantitative estimate of drug-likeness (QED) is 0.381. The second kappa shape index (κ2) is 9.71. The smallest absolute Gasteiger partial charge is 0.414 e. The second-order valence-corrected chi connectivity index (χ2v) is 10.00. The molecule has 2 atom stereocenters. The Morgan fingerprint density at radius 1 is 1.06 bits per heavy atom. The number of fused-ring (bicyclic) bond motifs is 5. The maximum absolute atomic E-state index is 9.10. The maximum atomic E-state index is 9.10. The summed E-state index contributed by atoms with van der Waals surface area (Å²) in [5, 5.41) is 14.8. The minimum atomic E-state index is -1.82. The van der Waals surface area contributed by atoms with Crippen molar-refractivity contribution in [1.82, 2.24) is 14.5 Å². The molecule has 4 aliphatic rings. The molecule has 1 aromatic heterocycles. The summed E-state index contributed by atoms with van der Waals surface area (Å²) in [4.78, 5) is 25.7. The number of ether oxygens (including phenoxy) is 1. The van der Waals surface area contributed by atoms with Crippen molar-refractivity contribution >= 4 is 57.1 Å². The summed E-state index contributed by atoms with van der Waals surface area (Å²) in [6.45, 7) is 4.56. The molecule has 5 heterocycles. The van der Waals surface area contributed by atoms with Gasteiger partial charge in [-0.2, -0.15) is 0 Å². The molecule has 3 fully saturated rings. The van der Waals surface area contributed by atoms with Crippen LogP contribution in [0.25, 0.3) is 0 Å². The van der Waals surface area contributed by atoms with E-state index in [0.29, 0.717) is 12.0 Å². The number of aliphatic carboxylic acids is 2. The Morgan fingerprint density at radius 3 is 2.35 bits per heavy atom. The van der Waals surface area contributed by atoms with Gasteiger partial charge in [-0.3, -0.25) is 0 Å². The van der Waals surface area contributed by atoms with Crippen molar-refractivity contribution in [1.29, 1.82) is 0 Å². The van der Waals surface area contributed by atoms with Crippen LogP contribution in [0.15, 0.2) is 24.3 Å². The molecule has 2 bridgehead atoms. The summed E-state index contributed by atoms with van der Waals surface area (Å²) >= 11 is 4.78. The van der Waals surface area contributed by atoms with Crippen LogP contribution in [0, 0.1) is 13.3 Å². The molecule has 2 unspecified atom stereocenters. The van der Waals surface area contributed by atoms with Crippen LogP contribution in [0.1, 0.15) is 35.9 Å². The molecule has 0 saturated carbocycles. The summed E-state index contributed by atoms with van der Waals surface area (Å²) in [5.41, 5.74) is 2.72. The number of hydrogen-bond donors (Lipinski definition) is 2. The molecule has 1 aromatic carbocycles. The number of rotatable bonds is 2. The predicted molar refractivity (Wildman–Crippen MR) is 129 cm³/mol. The van der Waals surface area contributed by atoms with Crippen molar-refractivity contribution in [2.45, 2.75) is 38.0 Å². The molecule has 0 aliphatic carbocycles. The molecule has 6 rings (SSSR count). The average molecular weight is 651 g/mol. The highest BCUT2D eigenvalue weighted by Gasteiger charge is 2.38. The van der Waals surface area contributed by atoms with E-state index in [4.69, 9.17) is 29.5 Å². The fourth-order valence-corrected chi connectivity index (χ4v) is 5.74. The SMILES string of the molecule is Ic1nc2n(c1I)CCc1ccccc1C2OC1CN2CCC1CC2.O=C(O)C(=O)O. The van der Waals surface area contributed by atoms with E-state index in [0.717, 1.165) is 29.0 Å². The topological polar surface area (TPSA) is 105 Å². The van der Waals surface area contributed by atoms with E-state index in [1.54, 1.807) is 0 Å². The first kappa shape index (κ1) is 22.9. The molecule has 0 amide bonds. The van der Waals surface area contributed by atoms with Gasteiger partial charge < -0.3 is 24.4 Å². The summed E-state index contributed by atoms with van der Waals surface area (Å²) in [6.07, 6.45) is 3.90. The second-order valence-electron chi connectivity index (χ2n) is 7.95. The summed E-state index contributed by atoms with van der Waals surface area (Å²) in [6, 6.07) is 8.78. The van der Waals surface area contributed by atoms with Gasteiger partial charge in [-0.1, -0.05) is 24.3 Å². The minimum absolute atomic E-state index is 0.0405. The third-order valence-corrected chi connectivity index (χ3v) is 9.04. The van der Waals surface area contributed by atoms with Crippen LogP contribution in [-0.4, -0.2) is 62.3 Å². The van der Waals surface area contributed by atoms with Crippen molar-refractivity contribution < 1.29 is 24.5 Å². The van der Waals surface area contributed by atoms with Gasteiger partial charge in [0, 0.05) is 13.1 Å². The van der Waals surface area contributed by atoms with E-state index in [1.165, 1.54) is 40.8 Å². The third kappa shape index (κ3) is 4.91. The van der Waals surface area contributed by atoms with E-state index in [1.807, 2.05) is 0 Å². The van der Waals surface area contributed by atoms with Gasteiger partial charge >= 0.3 is 11.9 Å². The zero-order valence-electron chi connectivity index (χ0n) is 16.7. The Labute approximate surface area is 207 Å². The zero-order valence-corrected chi connectivity index (χ0v) is 21.0. The number of carboxylic acids is 2. The maximum Gasteiger partial charge on any atom is 0.414 e. The highest BCUT2D eigenvalue weighted by Crippen LogP contribution is 2.38. The van der Waals surface area contributed by atoms with Crippen LogP contribution >= 0.6 is 45.2 Å². The zero-order chi connectivity index (χ0) is 22.1. The van der Waals surface area contributed by atoms with Crippen molar-refractivity contribution in [3.63, 3.8) is 0 Å². The van der Waals surface area contributed by atoms with Crippen LogP contribution in [-0.2, 0) is 27.3 Å². The van der Waals surface area contributed by atoms with Gasteiger partial charge in [0.2, 0.25) is 0 Å². The van der Waals surface area contributed by atoms with Crippen LogP contribution in [0.4, 0.5) is 0 Å². The Hall–Kier alpha value is -1.25. The van der Waals surface area contributed by atoms with E-state index < -0.39 is 11.9 Å². The number of imidazole rings is 1. The molecule has 3 saturated heterocycles. The molecule has 4 aliphatic heterocycles. The van der Waals surface area contributed by atoms with Gasteiger partial charge in [-0.15, -0.1) is 0 Å². The van der Waals surface area contributed by atoms with E-state index in [2.05, 4.69) is 78.9 Å². The molecule has 2 aromatic rings. The van der Waals surface area contributed by atoms with Crippen LogP contribution in [0.3, 0.4) is 0 Å². The summed E-state index contributed by atoms with van der Waals surface area (Å²) in [7, 11) is 0. The average Bonchev–Trinajstić information content (AvgIpc) is 2.96. The Kier molecular flexibility index (Phi) is 7.18. The van der Waals surface area contributed by atoms with Crippen molar-refractivity contribution in [2.75, 3.05) is 19.6 Å². The lowest BCUT2D eigenvalue weighted by atomic mass is 9.85. The molecule has 8 nitrogen and oxygen atoms in total. The fourth-order valence-electron chi connectivity index (χ4n) is 4.59.